The highest BCUT2D eigenvalue weighted by Gasteiger charge is 2.22. The Bertz CT molecular complexity index is 373. The van der Waals surface area contributed by atoms with Gasteiger partial charge in [-0.25, -0.2) is 0 Å². The molecule has 2 heteroatoms. The van der Waals surface area contributed by atoms with Gasteiger partial charge in [0.05, 0.1) is 0 Å². The van der Waals surface area contributed by atoms with Gasteiger partial charge >= 0.3 is 0 Å². The highest BCUT2D eigenvalue weighted by molar-refractivity contribution is 5.33. The molecule has 0 spiro atoms. The molecule has 0 saturated heterocycles. The molecule has 0 amide bonds. The molecule has 1 aromatic rings. The molecule has 0 heterocycles. The van der Waals surface area contributed by atoms with Gasteiger partial charge < -0.3 is 5.73 Å². The van der Waals surface area contributed by atoms with Gasteiger partial charge in [-0.05, 0) is 44.9 Å². The Kier molecular flexibility index (Phi) is 5.83. The second kappa shape index (κ2) is 6.91. The summed E-state index contributed by atoms with van der Waals surface area (Å²) in [6, 6.07) is 7.60. The predicted octanol–water partition coefficient (Wildman–Crippen LogP) is 3.42. The largest absolute Gasteiger partial charge is 0.329 e. The minimum atomic E-state index is 0.338. The minimum Gasteiger partial charge on any atom is -0.329 e. The van der Waals surface area contributed by atoms with E-state index in [2.05, 4.69) is 57.7 Å². The minimum absolute atomic E-state index is 0.338. The van der Waals surface area contributed by atoms with Crippen LogP contribution in [0.1, 0.15) is 49.9 Å². The lowest BCUT2D eigenvalue weighted by Gasteiger charge is -2.35. The van der Waals surface area contributed by atoms with Gasteiger partial charge in [0.25, 0.3) is 0 Å². The van der Waals surface area contributed by atoms with Crippen LogP contribution < -0.4 is 5.73 Å². The fourth-order valence-corrected chi connectivity index (χ4v) is 2.71. The predicted molar refractivity (Wildman–Crippen MR) is 79.8 cm³/mol. The lowest BCUT2D eigenvalue weighted by molar-refractivity contribution is 0.151. The summed E-state index contributed by atoms with van der Waals surface area (Å²) in [6.07, 6.45) is 1.16. The van der Waals surface area contributed by atoms with Crippen molar-refractivity contribution in [3.63, 3.8) is 0 Å². The second-order valence-electron chi connectivity index (χ2n) is 5.20. The first-order chi connectivity index (χ1) is 8.54. The molecule has 0 aliphatic heterocycles. The smallest absolute Gasteiger partial charge is 0.0475 e. The van der Waals surface area contributed by atoms with Crippen LogP contribution >= 0.6 is 0 Å². The van der Waals surface area contributed by atoms with E-state index < -0.39 is 0 Å². The summed E-state index contributed by atoms with van der Waals surface area (Å²) in [6.45, 7) is 12.8. The number of rotatable bonds is 6. The molecule has 2 unspecified atom stereocenters. The second-order valence-corrected chi connectivity index (χ2v) is 5.20. The Hall–Kier alpha value is -0.860. The number of hydrogen-bond donors (Lipinski definition) is 1. The van der Waals surface area contributed by atoms with E-state index in [0.717, 1.165) is 13.0 Å². The molecule has 0 aliphatic rings. The number of likely N-dealkylation sites (N-methyl/N-ethyl adjacent to an activating group) is 1. The number of benzene rings is 1. The standard InChI is InChI=1S/C16H28N2/c1-6-14(5)18(7-2)16(11-17)15-9-8-12(3)10-13(15)4/h8-10,14,16H,6-7,11,17H2,1-5H3. The van der Waals surface area contributed by atoms with Gasteiger partial charge in [-0.1, -0.05) is 37.6 Å². The Morgan fingerprint density at radius 2 is 1.89 bits per heavy atom. The van der Waals surface area contributed by atoms with Crippen LogP contribution in [0.25, 0.3) is 0 Å². The van der Waals surface area contributed by atoms with E-state index >= 15 is 0 Å². The Labute approximate surface area is 112 Å². The summed E-state index contributed by atoms with van der Waals surface area (Å²) in [4.78, 5) is 2.51. The highest BCUT2D eigenvalue weighted by atomic mass is 15.2. The van der Waals surface area contributed by atoms with Crippen molar-refractivity contribution >= 4 is 0 Å². The van der Waals surface area contributed by atoms with Crippen molar-refractivity contribution in [1.82, 2.24) is 4.90 Å². The number of nitrogens with two attached hydrogens (primary N) is 1. The van der Waals surface area contributed by atoms with Crippen molar-refractivity contribution in [2.75, 3.05) is 13.1 Å². The van der Waals surface area contributed by atoms with Gasteiger partial charge in [0.2, 0.25) is 0 Å². The Morgan fingerprint density at radius 3 is 2.33 bits per heavy atom. The molecule has 2 nitrogen and oxygen atoms in total. The zero-order valence-electron chi connectivity index (χ0n) is 12.5. The van der Waals surface area contributed by atoms with Gasteiger partial charge in [-0.2, -0.15) is 0 Å². The number of nitrogens with zero attached hydrogens (tertiary/aromatic N) is 1. The van der Waals surface area contributed by atoms with Crippen molar-refractivity contribution < 1.29 is 0 Å². The monoisotopic (exact) mass is 248 g/mol. The maximum atomic E-state index is 6.04. The molecule has 1 aromatic carbocycles. The molecule has 1 rings (SSSR count). The van der Waals surface area contributed by atoms with Crippen molar-refractivity contribution in [3.8, 4) is 0 Å². The fourth-order valence-electron chi connectivity index (χ4n) is 2.71. The lowest BCUT2D eigenvalue weighted by Crippen LogP contribution is -2.40. The maximum Gasteiger partial charge on any atom is 0.0475 e. The summed E-state index contributed by atoms with van der Waals surface area (Å²) in [7, 11) is 0. The van der Waals surface area contributed by atoms with Crippen LogP contribution in [0.2, 0.25) is 0 Å². The number of aryl methyl sites for hydroxylation is 2. The first kappa shape index (κ1) is 15.2. The molecule has 0 fully saturated rings. The molecule has 0 bridgehead atoms. The maximum absolute atomic E-state index is 6.04. The van der Waals surface area contributed by atoms with Crippen molar-refractivity contribution in [2.45, 2.75) is 53.1 Å². The first-order valence-electron chi connectivity index (χ1n) is 7.08. The van der Waals surface area contributed by atoms with Crippen LogP contribution in [-0.4, -0.2) is 24.0 Å². The zero-order chi connectivity index (χ0) is 13.7. The van der Waals surface area contributed by atoms with Crippen LogP contribution in [0.3, 0.4) is 0 Å². The van der Waals surface area contributed by atoms with Gasteiger partial charge in [-0.3, -0.25) is 4.90 Å². The van der Waals surface area contributed by atoms with Crippen molar-refractivity contribution in [2.24, 2.45) is 5.73 Å². The first-order valence-corrected chi connectivity index (χ1v) is 7.08. The molecule has 0 aliphatic carbocycles. The Balaban J connectivity index is 3.07. The van der Waals surface area contributed by atoms with E-state index in [0.29, 0.717) is 18.6 Å². The third-order valence-electron chi connectivity index (χ3n) is 3.93. The van der Waals surface area contributed by atoms with E-state index in [1.807, 2.05) is 0 Å². The molecule has 2 N–H and O–H groups in total. The quantitative estimate of drug-likeness (QED) is 0.836. The summed E-state index contributed by atoms with van der Waals surface area (Å²) >= 11 is 0. The van der Waals surface area contributed by atoms with Crippen LogP contribution in [0.5, 0.6) is 0 Å². The van der Waals surface area contributed by atoms with Crippen LogP contribution in [0.15, 0.2) is 18.2 Å². The summed E-state index contributed by atoms with van der Waals surface area (Å²) in [5, 5.41) is 0. The van der Waals surface area contributed by atoms with Crippen molar-refractivity contribution in [1.29, 1.82) is 0 Å². The van der Waals surface area contributed by atoms with Gasteiger partial charge in [0.15, 0.2) is 0 Å². The Morgan fingerprint density at radius 1 is 1.22 bits per heavy atom. The number of hydrogen-bond acceptors (Lipinski definition) is 2. The zero-order valence-corrected chi connectivity index (χ0v) is 12.5. The van der Waals surface area contributed by atoms with Gasteiger partial charge in [-0.15, -0.1) is 0 Å². The van der Waals surface area contributed by atoms with Gasteiger partial charge in [0, 0.05) is 18.6 Å². The SMILES string of the molecule is CCC(C)N(CC)C(CN)c1ccc(C)cc1C. The molecule has 18 heavy (non-hydrogen) atoms. The van der Waals surface area contributed by atoms with E-state index in [1.54, 1.807) is 0 Å². The highest BCUT2D eigenvalue weighted by Crippen LogP contribution is 2.26. The summed E-state index contributed by atoms with van der Waals surface area (Å²) in [5.41, 5.74) is 10.1. The molecule has 0 radical (unpaired) electrons. The van der Waals surface area contributed by atoms with Crippen molar-refractivity contribution in [3.05, 3.63) is 34.9 Å². The third-order valence-corrected chi connectivity index (χ3v) is 3.93. The molecular weight excluding hydrogens is 220 g/mol. The van der Waals surface area contributed by atoms with Crippen LogP contribution in [-0.2, 0) is 0 Å². The molecule has 2 atom stereocenters. The van der Waals surface area contributed by atoms with E-state index in [-0.39, 0.29) is 0 Å². The average Bonchev–Trinajstić information content (AvgIpc) is 2.36. The molecule has 0 aromatic heterocycles. The normalized spacial score (nSPS) is 14.8. The topological polar surface area (TPSA) is 29.3 Å². The van der Waals surface area contributed by atoms with E-state index in [9.17, 15) is 0 Å². The van der Waals surface area contributed by atoms with Gasteiger partial charge in [0.1, 0.15) is 0 Å². The molecule has 0 saturated carbocycles. The summed E-state index contributed by atoms with van der Waals surface area (Å²) < 4.78 is 0. The third kappa shape index (κ3) is 3.33. The van der Waals surface area contributed by atoms with Crippen LogP contribution in [0.4, 0.5) is 0 Å². The van der Waals surface area contributed by atoms with E-state index in [1.165, 1.54) is 16.7 Å². The molecular formula is C16H28N2. The summed E-state index contributed by atoms with van der Waals surface area (Å²) in [5.74, 6) is 0. The van der Waals surface area contributed by atoms with E-state index in [4.69, 9.17) is 5.73 Å². The average molecular weight is 248 g/mol. The van der Waals surface area contributed by atoms with Crippen LogP contribution in [0, 0.1) is 13.8 Å². The molecule has 102 valence electrons. The lowest BCUT2D eigenvalue weighted by atomic mass is 9.96. The fraction of sp³-hybridized carbons (Fsp3) is 0.625.